The second-order valence-electron chi connectivity index (χ2n) is 6.68. The molecule has 0 amide bonds. The van der Waals surface area contributed by atoms with Crippen molar-refractivity contribution in [2.75, 3.05) is 25.4 Å². The zero-order valence-corrected chi connectivity index (χ0v) is 13.2. The van der Waals surface area contributed by atoms with Crippen LogP contribution in [0, 0.1) is 22.7 Å². The van der Waals surface area contributed by atoms with E-state index in [1.807, 2.05) is 6.92 Å². The Labute approximate surface area is 122 Å². The second-order valence-corrected chi connectivity index (χ2v) is 8.43. The minimum atomic E-state index is -3.35. The van der Waals surface area contributed by atoms with Crippen LogP contribution in [0.5, 0.6) is 0 Å². The monoisotopic (exact) mass is 299 g/mol. The topological polar surface area (TPSA) is 73.2 Å². The largest absolute Gasteiger partial charge is 0.301 e. The molecule has 0 bridgehead atoms. The van der Waals surface area contributed by atoms with Crippen LogP contribution in [0.4, 0.5) is 0 Å². The van der Waals surface area contributed by atoms with Crippen LogP contribution in [0.3, 0.4) is 0 Å². The maximum atomic E-state index is 12.1. The third kappa shape index (κ3) is 4.44. The molecule has 2 rings (SSSR count). The van der Waals surface area contributed by atoms with Gasteiger partial charge < -0.3 is 4.90 Å². The summed E-state index contributed by atoms with van der Waals surface area (Å²) in [6.07, 6.45) is 3.88. The lowest BCUT2D eigenvalue weighted by Gasteiger charge is -2.32. The molecular formula is C14H25N3O2S. The van der Waals surface area contributed by atoms with Crippen molar-refractivity contribution in [3.05, 3.63) is 0 Å². The Morgan fingerprint density at radius 2 is 2.20 bits per heavy atom. The van der Waals surface area contributed by atoms with Gasteiger partial charge in [-0.15, -0.1) is 0 Å². The fourth-order valence-electron chi connectivity index (χ4n) is 3.03. The van der Waals surface area contributed by atoms with E-state index < -0.39 is 15.4 Å². The minimum Gasteiger partial charge on any atom is -0.301 e. The zero-order valence-electron chi connectivity index (χ0n) is 12.4. The summed E-state index contributed by atoms with van der Waals surface area (Å²) in [6, 6.07) is 2.04. The molecule has 114 valence electrons. The lowest BCUT2D eigenvalue weighted by Crippen LogP contribution is -2.46. The lowest BCUT2D eigenvalue weighted by atomic mass is 10.00. The highest BCUT2D eigenvalue weighted by atomic mass is 32.2. The first-order chi connectivity index (χ1) is 9.34. The van der Waals surface area contributed by atoms with E-state index in [4.69, 9.17) is 5.26 Å². The van der Waals surface area contributed by atoms with Gasteiger partial charge in [-0.3, -0.25) is 0 Å². The molecule has 0 aromatic heterocycles. The predicted molar refractivity (Wildman–Crippen MR) is 78.5 cm³/mol. The van der Waals surface area contributed by atoms with Gasteiger partial charge in [0.25, 0.3) is 0 Å². The number of rotatable bonds is 6. The van der Waals surface area contributed by atoms with Gasteiger partial charge in [-0.25, -0.2) is 13.1 Å². The van der Waals surface area contributed by atoms with Gasteiger partial charge in [0.2, 0.25) is 10.0 Å². The van der Waals surface area contributed by atoms with Crippen LogP contribution in [-0.4, -0.2) is 44.7 Å². The molecule has 0 spiro atoms. The van der Waals surface area contributed by atoms with E-state index in [1.165, 1.54) is 12.8 Å². The van der Waals surface area contributed by atoms with Gasteiger partial charge in [-0.05, 0) is 45.1 Å². The maximum absolute atomic E-state index is 12.1. The third-order valence-electron chi connectivity index (χ3n) is 4.21. The molecule has 0 aromatic carbocycles. The van der Waals surface area contributed by atoms with Gasteiger partial charge in [0.05, 0.1) is 17.2 Å². The summed E-state index contributed by atoms with van der Waals surface area (Å²) >= 11 is 0. The molecule has 0 radical (unpaired) electrons. The van der Waals surface area contributed by atoms with E-state index in [0.717, 1.165) is 19.6 Å². The highest BCUT2D eigenvalue weighted by Crippen LogP contribution is 2.45. The Morgan fingerprint density at radius 3 is 2.75 bits per heavy atom. The smallest absolute Gasteiger partial charge is 0.213 e. The van der Waals surface area contributed by atoms with Crippen molar-refractivity contribution in [1.82, 2.24) is 9.62 Å². The number of hydrogen-bond donors (Lipinski definition) is 1. The number of nitrogens with one attached hydrogen (secondary N) is 1. The molecule has 1 saturated heterocycles. The number of nitriles is 1. The first kappa shape index (κ1) is 15.7. The van der Waals surface area contributed by atoms with Crippen LogP contribution in [0.1, 0.15) is 39.5 Å². The molecule has 1 saturated carbocycles. The number of likely N-dealkylation sites (tertiary alicyclic amines) is 1. The molecule has 20 heavy (non-hydrogen) atoms. The van der Waals surface area contributed by atoms with Crippen molar-refractivity contribution in [2.45, 2.75) is 45.6 Å². The molecule has 5 nitrogen and oxygen atoms in total. The van der Waals surface area contributed by atoms with Crippen LogP contribution < -0.4 is 4.72 Å². The Kier molecular flexibility index (Phi) is 4.73. The summed E-state index contributed by atoms with van der Waals surface area (Å²) < 4.78 is 26.9. The average molecular weight is 299 g/mol. The van der Waals surface area contributed by atoms with Gasteiger partial charge in [-0.1, -0.05) is 6.92 Å². The molecule has 0 aromatic rings. The van der Waals surface area contributed by atoms with Gasteiger partial charge >= 0.3 is 0 Å². The Morgan fingerprint density at radius 1 is 1.50 bits per heavy atom. The molecule has 1 aliphatic carbocycles. The van der Waals surface area contributed by atoms with E-state index in [1.54, 1.807) is 0 Å². The summed E-state index contributed by atoms with van der Waals surface area (Å²) in [7, 11) is -3.35. The molecule has 1 aliphatic heterocycles. The number of piperidine rings is 1. The van der Waals surface area contributed by atoms with Crippen molar-refractivity contribution >= 4 is 10.0 Å². The molecule has 1 N–H and O–H groups in total. The predicted octanol–water partition coefficient (Wildman–Crippen LogP) is 1.33. The molecule has 1 heterocycles. The van der Waals surface area contributed by atoms with Crippen LogP contribution in [0.15, 0.2) is 0 Å². The van der Waals surface area contributed by atoms with Crippen molar-refractivity contribution in [3.63, 3.8) is 0 Å². The number of nitrogens with zero attached hydrogens (tertiary/aromatic N) is 2. The highest BCUT2D eigenvalue weighted by molar-refractivity contribution is 7.89. The summed E-state index contributed by atoms with van der Waals surface area (Å²) in [5.74, 6) is 0.651. The molecule has 6 heteroatoms. The van der Waals surface area contributed by atoms with Crippen molar-refractivity contribution < 1.29 is 8.42 Å². The normalized spacial score (nSPS) is 27.8. The fourth-order valence-corrected chi connectivity index (χ4v) is 4.88. The van der Waals surface area contributed by atoms with E-state index in [0.29, 0.717) is 18.8 Å². The third-order valence-corrected chi connectivity index (χ3v) is 5.91. The average Bonchev–Trinajstić information content (AvgIpc) is 3.07. The van der Waals surface area contributed by atoms with Crippen LogP contribution in [0.2, 0.25) is 0 Å². The van der Waals surface area contributed by atoms with E-state index in [-0.39, 0.29) is 11.8 Å². The number of hydrogen-bond acceptors (Lipinski definition) is 4. The van der Waals surface area contributed by atoms with Crippen molar-refractivity contribution in [2.24, 2.45) is 11.3 Å². The Bertz CT molecular complexity index is 479. The first-order valence-corrected chi connectivity index (χ1v) is 9.13. The van der Waals surface area contributed by atoms with E-state index in [9.17, 15) is 8.42 Å². The minimum absolute atomic E-state index is 0.0444. The maximum Gasteiger partial charge on any atom is 0.213 e. The number of sulfonamides is 1. The molecule has 2 aliphatic rings. The van der Waals surface area contributed by atoms with Crippen LogP contribution >= 0.6 is 0 Å². The Hall–Kier alpha value is -0.640. The quantitative estimate of drug-likeness (QED) is 0.803. The standard InChI is InChI=1S/C14H25N3O2S/c1-12-4-3-7-17(8-12)9-13(2)16-20(18,19)11-14(10-15)5-6-14/h12-13,16H,3-9,11H2,1-2H3. The highest BCUT2D eigenvalue weighted by Gasteiger charge is 2.47. The lowest BCUT2D eigenvalue weighted by molar-refractivity contribution is 0.174. The van der Waals surface area contributed by atoms with E-state index in [2.05, 4.69) is 22.6 Å². The van der Waals surface area contributed by atoms with Crippen molar-refractivity contribution in [1.29, 1.82) is 5.26 Å². The molecule has 2 atom stereocenters. The molecule has 2 unspecified atom stereocenters. The summed E-state index contributed by atoms with van der Waals surface area (Å²) in [5, 5.41) is 8.99. The van der Waals surface area contributed by atoms with Crippen LogP contribution in [-0.2, 0) is 10.0 Å². The first-order valence-electron chi connectivity index (χ1n) is 7.48. The summed E-state index contributed by atoms with van der Waals surface area (Å²) in [4.78, 5) is 2.33. The second kappa shape index (κ2) is 6.00. The summed E-state index contributed by atoms with van der Waals surface area (Å²) in [6.45, 7) is 7.00. The molecule has 2 fully saturated rings. The SMILES string of the molecule is CC1CCCN(CC(C)NS(=O)(=O)CC2(C#N)CC2)C1. The van der Waals surface area contributed by atoms with Gasteiger partial charge in [0.1, 0.15) is 0 Å². The molecular weight excluding hydrogens is 274 g/mol. The van der Waals surface area contributed by atoms with E-state index >= 15 is 0 Å². The zero-order chi connectivity index (χ0) is 14.8. The van der Waals surface area contributed by atoms with Gasteiger partial charge in [-0.2, -0.15) is 5.26 Å². The summed E-state index contributed by atoms with van der Waals surface area (Å²) in [5.41, 5.74) is -0.606. The van der Waals surface area contributed by atoms with Crippen molar-refractivity contribution in [3.8, 4) is 6.07 Å². The fraction of sp³-hybridized carbons (Fsp3) is 0.929. The van der Waals surface area contributed by atoms with Gasteiger partial charge in [0, 0.05) is 19.1 Å². The van der Waals surface area contributed by atoms with Crippen LogP contribution in [0.25, 0.3) is 0 Å². The Balaban J connectivity index is 1.81. The van der Waals surface area contributed by atoms with Gasteiger partial charge in [0.15, 0.2) is 0 Å².